The number of anilines is 1. The van der Waals surface area contributed by atoms with Crippen LogP contribution in [-0.2, 0) is 21.6 Å². The van der Waals surface area contributed by atoms with Crippen LogP contribution < -0.4 is 10.1 Å². The summed E-state index contributed by atoms with van der Waals surface area (Å²) in [4.78, 5) is 24.7. The van der Waals surface area contributed by atoms with Crippen molar-refractivity contribution in [2.45, 2.75) is 64.2 Å². The van der Waals surface area contributed by atoms with Crippen LogP contribution in [0.15, 0.2) is 60.7 Å². The lowest BCUT2D eigenvalue weighted by Gasteiger charge is -2.22. The first-order valence-corrected chi connectivity index (χ1v) is 13.0. The van der Waals surface area contributed by atoms with Gasteiger partial charge in [0.2, 0.25) is 0 Å². The first-order valence-electron chi connectivity index (χ1n) is 11.9. The molecular weight excluding hydrogens is 573 g/mol. The molecule has 1 saturated carbocycles. The average Bonchev–Trinajstić information content (AvgIpc) is 3.47. The van der Waals surface area contributed by atoms with E-state index in [1.165, 1.54) is 0 Å². The Morgan fingerprint density at radius 1 is 1.08 bits per heavy atom. The summed E-state index contributed by atoms with van der Waals surface area (Å²) in [5, 5.41) is 7.64. The van der Waals surface area contributed by atoms with Gasteiger partial charge in [0.25, 0.3) is 0 Å². The molecule has 1 heterocycles. The number of halogens is 1. The van der Waals surface area contributed by atoms with Crippen LogP contribution in [0.4, 0.5) is 15.4 Å². The third-order valence-corrected chi connectivity index (χ3v) is 6.61. The summed E-state index contributed by atoms with van der Waals surface area (Å²) in [7, 11) is 0. The minimum Gasteiger partial charge on any atom is -0.444 e. The molecule has 1 aliphatic rings. The first kappa shape index (κ1) is 26.0. The van der Waals surface area contributed by atoms with Crippen molar-refractivity contribution in [3.8, 4) is 5.75 Å². The summed E-state index contributed by atoms with van der Waals surface area (Å²) >= 11 is 2.19. The summed E-state index contributed by atoms with van der Waals surface area (Å²) in [5.41, 5.74) is 1.40. The van der Waals surface area contributed by atoms with Crippen molar-refractivity contribution >= 4 is 40.7 Å². The number of aromatic nitrogens is 2. The number of ether oxygens (including phenoxy) is 3. The maximum Gasteiger partial charge on any atom is 0.514 e. The Hall–Kier alpha value is -3.08. The normalized spacial score (nSPS) is 17.4. The zero-order chi connectivity index (χ0) is 25.7. The molecule has 9 heteroatoms. The van der Waals surface area contributed by atoms with E-state index in [4.69, 9.17) is 19.3 Å². The lowest BCUT2D eigenvalue weighted by molar-refractivity contribution is 0.0606. The number of rotatable bonds is 6. The van der Waals surface area contributed by atoms with Gasteiger partial charge in [0.15, 0.2) is 0 Å². The Balaban J connectivity index is 1.36. The van der Waals surface area contributed by atoms with E-state index < -0.39 is 12.2 Å². The lowest BCUT2D eigenvalue weighted by atomic mass is 10.0. The standard InChI is InChI=1S/C27H30IN3O5/c1-27(2,3)31-24(29-25(32)34-17-18-7-5-4-6-8-18)16-23(30-31)19-9-12-22(15-19)36-26(33)35-21-13-10-20(28)11-14-21/h4-8,10-11,13-14,16,19,22H,9,12,15,17H2,1-3H3,(H,29,32)/t19-,22+/m0/s1. The van der Waals surface area contributed by atoms with E-state index in [-0.39, 0.29) is 24.2 Å². The molecule has 0 aliphatic heterocycles. The molecule has 0 bridgehead atoms. The van der Waals surface area contributed by atoms with Gasteiger partial charge in [-0.15, -0.1) is 0 Å². The molecule has 2 aromatic carbocycles. The third kappa shape index (κ3) is 6.99. The van der Waals surface area contributed by atoms with Crippen LogP contribution in [0.1, 0.15) is 57.2 Å². The van der Waals surface area contributed by atoms with Crippen LogP contribution in [0.3, 0.4) is 0 Å². The van der Waals surface area contributed by atoms with E-state index in [9.17, 15) is 9.59 Å². The molecule has 0 saturated heterocycles. The van der Waals surface area contributed by atoms with Crippen molar-refractivity contribution in [1.82, 2.24) is 9.78 Å². The first-order chi connectivity index (χ1) is 17.2. The van der Waals surface area contributed by atoms with Crippen LogP contribution in [-0.4, -0.2) is 28.1 Å². The Morgan fingerprint density at radius 2 is 1.81 bits per heavy atom. The second-order valence-electron chi connectivity index (χ2n) is 9.78. The van der Waals surface area contributed by atoms with Crippen LogP contribution >= 0.6 is 22.6 Å². The quantitative estimate of drug-likeness (QED) is 0.189. The van der Waals surface area contributed by atoms with Gasteiger partial charge in [0.1, 0.15) is 24.3 Å². The molecule has 0 radical (unpaired) electrons. The third-order valence-electron chi connectivity index (χ3n) is 5.89. The second-order valence-corrected chi connectivity index (χ2v) is 11.0. The van der Waals surface area contributed by atoms with Crippen LogP contribution in [0.2, 0.25) is 0 Å². The molecule has 1 aliphatic carbocycles. The number of carbonyl (C=O) groups is 2. The van der Waals surface area contributed by atoms with Crippen molar-refractivity contribution in [3.05, 3.63) is 75.5 Å². The van der Waals surface area contributed by atoms with Gasteiger partial charge in [-0.1, -0.05) is 30.3 Å². The monoisotopic (exact) mass is 603 g/mol. The minimum absolute atomic E-state index is 0.102. The zero-order valence-electron chi connectivity index (χ0n) is 20.6. The van der Waals surface area contributed by atoms with Gasteiger partial charge in [0.05, 0.1) is 11.2 Å². The zero-order valence-corrected chi connectivity index (χ0v) is 22.7. The van der Waals surface area contributed by atoms with E-state index in [1.54, 1.807) is 16.8 Å². The maximum atomic E-state index is 12.5. The smallest absolute Gasteiger partial charge is 0.444 e. The summed E-state index contributed by atoms with van der Waals surface area (Å²) in [5.74, 6) is 1.12. The number of amides is 1. The molecule has 1 aromatic heterocycles. The number of hydrogen-bond acceptors (Lipinski definition) is 6. The highest BCUT2D eigenvalue weighted by Crippen LogP contribution is 2.37. The lowest BCUT2D eigenvalue weighted by Crippen LogP contribution is -2.27. The van der Waals surface area contributed by atoms with Crippen LogP contribution in [0.25, 0.3) is 0 Å². The maximum absolute atomic E-state index is 12.5. The molecule has 3 aromatic rings. The van der Waals surface area contributed by atoms with Crippen LogP contribution in [0, 0.1) is 3.57 Å². The molecule has 1 fully saturated rings. The van der Waals surface area contributed by atoms with Crippen molar-refractivity contribution in [2.75, 3.05) is 5.32 Å². The van der Waals surface area contributed by atoms with E-state index in [0.717, 1.165) is 27.7 Å². The number of carbonyl (C=O) groups excluding carboxylic acids is 2. The van der Waals surface area contributed by atoms with Crippen molar-refractivity contribution < 1.29 is 23.8 Å². The molecule has 4 rings (SSSR count). The second kappa shape index (κ2) is 11.3. The largest absolute Gasteiger partial charge is 0.514 e. The van der Waals surface area contributed by atoms with Gasteiger partial charge in [-0.2, -0.15) is 5.10 Å². The van der Waals surface area contributed by atoms with Gasteiger partial charge in [0, 0.05) is 15.6 Å². The van der Waals surface area contributed by atoms with E-state index >= 15 is 0 Å². The topological polar surface area (TPSA) is 91.7 Å². The molecule has 1 N–H and O–H groups in total. The van der Waals surface area contributed by atoms with E-state index in [2.05, 4.69) is 27.9 Å². The Labute approximate surface area is 224 Å². The Kier molecular flexibility index (Phi) is 8.17. The molecule has 36 heavy (non-hydrogen) atoms. The van der Waals surface area contributed by atoms with Gasteiger partial charge in [-0.25, -0.2) is 14.3 Å². The highest BCUT2D eigenvalue weighted by atomic mass is 127. The van der Waals surface area contributed by atoms with Gasteiger partial charge in [-0.05, 0) is 92.5 Å². The average molecular weight is 603 g/mol. The van der Waals surface area contributed by atoms with Crippen molar-refractivity contribution in [2.24, 2.45) is 0 Å². The summed E-state index contributed by atoms with van der Waals surface area (Å²) in [6.45, 7) is 6.24. The summed E-state index contributed by atoms with van der Waals surface area (Å²) in [6, 6.07) is 18.6. The Morgan fingerprint density at radius 3 is 2.50 bits per heavy atom. The number of hydrogen-bond donors (Lipinski definition) is 1. The number of nitrogens with one attached hydrogen (secondary N) is 1. The molecule has 2 atom stereocenters. The molecule has 0 spiro atoms. The van der Waals surface area contributed by atoms with Crippen molar-refractivity contribution in [1.29, 1.82) is 0 Å². The highest BCUT2D eigenvalue weighted by molar-refractivity contribution is 14.1. The van der Waals surface area contributed by atoms with Crippen molar-refractivity contribution in [3.63, 3.8) is 0 Å². The fourth-order valence-corrected chi connectivity index (χ4v) is 4.50. The van der Waals surface area contributed by atoms with Crippen LogP contribution in [0.5, 0.6) is 5.75 Å². The van der Waals surface area contributed by atoms with Gasteiger partial charge in [-0.3, -0.25) is 5.32 Å². The minimum atomic E-state index is -0.703. The number of benzene rings is 2. The van der Waals surface area contributed by atoms with E-state index in [0.29, 0.717) is 18.0 Å². The fraction of sp³-hybridized carbons (Fsp3) is 0.370. The fourth-order valence-electron chi connectivity index (χ4n) is 4.14. The SMILES string of the molecule is CC(C)(C)n1nc([C@H]2CC[C@@H](OC(=O)Oc3ccc(I)cc3)C2)cc1NC(=O)OCc1ccccc1. The Bertz CT molecular complexity index is 1190. The van der Waals surface area contributed by atoms with Gasteiger partial charge >= 0.3 is 12.2 Å². The molecule has 190 valence electrons. The molecular formula is C27H30IN3O5. The predicted molar refractivity (Wildman–Crippen MR) is 144 cm³/mol. The molecule has 0 unspecified atom stereocenters. The summed E-state index contributed by atoms with van der Waals surface area (Å²) in [6.07, 6.45) is 0.684. The highest BCUT2D eigenvalue weighted by Gasteiger charge is 2.32. The predicted octanol–water partition coefficient (Wildman–Crippen LogP) is 6.84. The molecule has 8 nitrogen and oxygen atoms in total. The van der Waals surface area contributed by atoms with E-state index in [1.807, 2.05) is 69.3 Å². The summed E-state index contributed by atoms with van der Waals surface area (Å²) < 4.78 is 19.1. The molecule has 1 amide bonds. The van der Waals surface area contributed by atoms with Gasteiger partial charge < -0.3 is 14.2 Å². The number of nitrogens with zero attached hydrogens (tertiary/aromatic N) is 2.